The van der Waals surface area contributed by atoms with Crippen molar-refractivity contribution in [1.29, 1.82) is 0 Å². The third kappa shape index (κ3) is 1.67. The fourth-order valence-electron chi connectivity index (χ4n) is 2.15. The second kappa shape index (κ2) is 3.84. The number of aryl methyl sites for hydroxylation is 2. The summed E-state index contributed by atoms with van der Waals surface area (Å²) in [7, 11) is 0. The third-order valence-corrected chi connectivity index (χ3v) is 3.04. The second-order valence-electron chi connectivity index (χ2n) is 4.19. The zero-order chi connectivity index (χ0) is 12.7. The molecule has 1 aliphatic rings. The van der Waals surface area contributed by atoms with Crippen LogP contribution in [0.1, 0.15) is 22.6 Å². The van der Waals surface area contributed by atoms with Crippen molar-refractivity contribution in [2.45, 2.75) is 25.9 Å². The summed E-state index contributed by atoms with van der Waals surface area (Å²) in [5.74, 6) is -3.45. The lowest BCUT2D eigenvalue weighted by Crippen LogP contribution is -2.28. The summed E-state index contributed by atoms with van der Waals surface area (Å²) >= 11 is 0. The van der Waals surface area contributed by atoms with Gasteiger partial charge in [-0.15, -0.1) is 0 Å². The highest BCUT2D eigenvalue weighted by atomic mass is 19.1. The number of anilines is 1. The Morgan fingerprint density at radius 1 is 1.41 bits per heavy atom. The van der Waals surface area contributed by atoms with Gasteiger partial charge < -0.3 is 10.4 Å². The van der Waals surface area contributed by atoms with Crippen LogP contribution in [0.4, 0.5) is 10.1 Å². The van der Waals surface area contributed by atoms with Crippen LogP contribution in [-0.2, 0) is 9.59 Å². The summed E-state index contributed by atoms with van der Waals surface area (Å²) in [5, 5.41) is 11.2. The summed E-state index contributed by atoms with van der Waals surface area (Å²) in [5.41, 5.74) is 2.53. The highest BCUT2D eigenvalue weighted by molar-refractivity contribution is 6.06. The molecule has 0 radical (unpaired) electrons. The maximum atomic E-state index is 13.6. The molecule has 1 amide bonds. The molecular formula is C12H12FNO3. The van der Waals surface area contributed by atoms with Crippen molar-refractivity contribution < 1.29 is 19.1 Å². The molecule has 0 saturated heterocycles. The van der Waals surface area contributed by atoms with Gasteiger partial charge in [0.05, 0.1) is 0 Å². The van der Waals surface area contributed by atoms with E-state index in [0.29, 0.717) is 11.3 Å². The Morgan fingerprint density at radius 2 is 2.00 bits per heavy atom. The predicted molar refractivity (Wildman–Crippen MR) is 59.8 cm³/mol. The van der Waals surface area contributed by atoms with Gasteiger partial charge in [-0.2, -0.15) is 0 Å². The zero-order valence-electron chi connectivity index (χ0n) is 9.45. The van der Waals surface area contributed by atoms with Gasteiger partial charge in [0.1, 0.15) is 5.92 Å². The van der Waals surface area contributed by atoms with E-state index in [9.17, 15) is 14.0 Å². The van der Waals surface area contributed by atoms with Gasteiger partial charge in [0.2, 0.25) is 12.1 Å². The van der Waals surface area contributed by atoms with Crippen molar-refractivity contribution in [3.05, 3.63) is 28.8 Å². The molecule has 90 valence electrons. The molecule has 0 saturated carbocycles. The maximum Gasteiger partial charge on any atom is 0.339 e. The van der Waals surface area contributed by atoms with Crippen molar-refractivity contribution in [3.8, 4) is 0 Å². The molecule has 2 unspecified atom stereocenters. The lowest BCUT2D eigenvalue weighted by Gasteiger charge is -2.13. The van der Waals surface area contributed by atoms with Gasteiger partial charge >= 0.3 is 5.97 Å². The first-order chi connectivity index (χ1) is 7.93. The number of halogens is 1. The standard InChI is InChI=1S/C12H12FNO3/c1-5-3-4-6(2)10-7(5)8(11(15)14-10)9(13)12(16)17/h3-4,8-9H,1-2H3,(H,14,15)(H,16,17). The number of carboxylic acids is 1. The van der Waals surface area contributed by atoms with Crippen LogP contribution in [0.25, 0.3) is 0 Å². The minimum atomic E-state index is -2.21. The molecule has 1 aromatic rings. The summed E-state index contributed by atoms with van der Waals surface area (Å²) in [6.45, 7) is 3.52. The molecular weight excluding hydrogens is 225 g/mol. The van der Waals surface area contributed by atoms with Crippen LogP contribution in [0.15, 0.2) is 12.1 Å². The summed E-state index contributed by atoms with van der Waals surface area (Å²) in [4.78, 5) is 22.4. The first-order valence-electron chi connectivity index (χ1n) is 5.21. The lowest BCUT2D eigenvalue weighted by molar-refractivity contribution is -0.145. The monoisotopic (exact) mass is 237 g/mol. The van der Waals surface area contributed by atoms with E-state index in [1.807, 2.05) is 6.07 Å². The van der Waals surface area contributed by atoms with E-state index in [-0.39, 0.29) is 0 Å². The summed E-state index contributed by atoms with van der Waals surface area (Å²) < 4.78 is 13.6. The molecule has 5 heteroatoms. The highest BCUT2D eigenvalue weighted by Crippen LogP contribution is 2.40. The molecule has 1 aliphatic heterocycles. The Bertz CT molecular complexity index is 513. The first kappa shape index (κ1) is 11.6. The smallest absolute Gasteiger partial charge is 0.339 e. The number of alkyl halides is 1. The Kier molecular flexibility index (Phi) is 2.61. The molecule has 17 heavy (non-hydrogen) atoms. The predicted octanol–water partition coefficient (Wildman–Crippen LogP) is 1.76. The van der Waals surface area contributed by atoms with E-state index in [0.717, 1.165) is 11.1 Å². The average Bonchev–Trinajstić information content (AvgIpc) is 2.61. The van der Waals surface area contributed by atoms with E-state index >= 15 is 0 Å². The molecule has 2 rings (SSSR count). The van der Waals surface area contributed by atoms with Crippen molar-refractivity contribution in [3.63, 3.8) is 0 Å². The number of fused-ring (bicyclic) bond motifs is 1. The number of aliphatic carboxylic acids is 1. The normalized spacial score (nSPS) is 19.7. The molecule has 0 spiro atoms. The van der Waals surface area contributed by atoms with Gasteiger partial charge in [-0.25, -0.2) is 9.18 Å². The van der Waals surface area contributed by atoms with E-state index < -0.39 is 24.0 Å². The van der Waals surface area contributed by atoms with Gasteiger partial charge in [0.25, 0.3) is 0 Å². The number of carboxylic acid groups (broad SMARTS) is 1. The SMILES string of the molecule is Cc1ccc(C)c2c1NC(=O)C2C(F)C(=O)O. The topological polar surface area (TPSA) is 66.4 Å². The summed E-state index contributed by atoms with van der Waals surface area (Å²) in [6, 6.07) is 3.57. The van der Waals surface area contributed by atoms with Gasteiger partial charge in [0.15, 0.2) is 0 Å². The molecule has 4 nitrogen and oxygen atoms in total. The van der Waals surface area contributed by atoms with Gasteiger partial charge in [-0.05, 0) is 30.5 Å². The van der Waals surface area contributed by atoms with Gasteiger partial charge in [-0.3, -0.25) is 4.79 Å². The fourth-order valence-corrected chi connectivity index (χ4v) is 2.15. The van der Waals surface area contributed by atoms with E-state index in [2.05, 4.69) is 5.32 Å². The number of carbonyl (C=O) groups is 2. The number of hydrogen-bond donors (Lipinski definition) is 2. The Labute approximate surface area is 97.4 Å². The molecule has 1 heterocycles. The molecule has 2 atom stereocenters. The van der Waals surface area contributed by atoms with Crippen LogP contribution in [0.2, 0.25) is 0 Å². The van der Waals surface area contributed by atoms with Gasteiger partial charge in [0, 0.05) is 5.69 Å². The fraction of sp³-hybridized carbons (Fsp3) is 0.333. The molecule has 0 fully saturated rings. The molecule has 0 bridgehead atoms. The van der Waals surface area contributed by atoms with Crippen LogP contribution in [-0.4, -0.2) is 23.2 Å². The highest BCUT2D eigenvalue weighted by Gasteiger charge is 2.42. The molecule has 1 aromatic carbocycles. The van der Waals surface area contributed by atoms with Crippen molar-refractivity contribution in [1.82, 2.24) is 0 Å². The van der Waals surface area contributed by atoms with Crippen LogP contribution in [0.3, 0.4) is 0 Å². The number of carbonyl (C=O) groups excluding carboxylic acids is 1. The molecule has 2 N–H and O–H groups in total. The zero-order valence-corrected chi connectivity index (χ0v) is 9.45. The Morgan fingerprint density at radius 3 is 2.59 bits per heavy atom. The van der Waals surface area contributed by atoms with E-state index in [1.54, 1.807) is 19.9 Å². The van der Waals surface area contributed by atoms with Crippen LogP contribution < -0.4 is 5.32 Å². The summed E-state index contributed by atoms with van der Waals surface area (Å²) in [6.07, 6.45) is -2.21. The number of hydrogen-bond acceptors (Lipinski definition) is 2. The van der Waals surface area contributed by atoms with E-state index in [4.69, 9.17) is 5.11 Å². The largest absolute Gasteiger partial charge is 0.479 e. The van der Waals surface area contributed by atoms with Crippen LogP contribution in [0, 0.1) is 13.8 Å². The first-order valence-corrected chi connectivity index (χ1v) is 5.21. The van der Waals surface area contributed by atoms with Gasteiger partial charge in [-0.1, -0.05) is 12.1 Å². The second-order valence-corrected chi connectivity index (χ2v) is 4.19. The Balaban J connectivity index is 2.57. The van der Waals surface area contributed by atoms with Crippen molar-refractivity contribution >= 4 is 17.6 Å². The maximum absolute atomic E-state index is 13.6. The third-order valence-electron chi connectivity index (χ3n) is 3.04. The Hall–Kier alpha value is -1.91. The lowest BCUT2D eigenvalue weighted by atomic mass is 9.91. The van der Waals surface area contributed by atoms with Crippen molar-refractivity contribution in [2.24, 2.45) is 0 Å². The number of nitrogens with one attached hydrogen (secondary N) is 1. The number of amides is 1. The number of rotatable bonds is 2. The average molecular weight is 237 g/mol. The minimum Gasteiger partial charge on any atom is -0.479 e. The van der Waals surface area contributed by atoms with E-state index in [1.165, 1.54) is 0 Å². The number of benzene rings is 1. The molecule has 0 aliphatic carbocycles. The van der Waals surface area contributed by atoms with Crippen LogP contribution in [0.5, 0.6) is 0 Å². The minimum absolute atomic E-state index is 0.463. The van der Waals surface area contributed by atoms with Crippen molar-refractivity contribution in [2.75, 3.05) is 5.32 Å². The molecule has 0 aromatic heterocycles. The quantitative estimate of drug-likeness (QED) is 0.823. The van der Waals surface area contributed by atoms with Crippen LogP contribution >= 0.6 is 0 Å².